The molecule has 0 bridgehead atoms. The molecule has 1 unspecified atom stereocenters. The zero-order valence-corrected chi connectivity index (χ0v) is 18.1. The molecule has 3 aromatic rings. The Bertz CT molecular complexity index is 961. The van der Waals surface area contributed by atoms with Gasteiger partial charge in [0.1, 0.15) is 0 Å². The molecule has 1 aliphatic rings. The van der Waals surface area contributed by atoms with Gasteiger partial charge >= 0.3 is 0 Å². The molecule has 0 spiro atoms. The second-order valence-electron chi connectivity index (χ2n) is 8.58. The van der Waals surface area contributed by atoms with Crippen LogP contribution in [0.15, 0.2) is 65.6 Å². The number of carbonyl (C=O) groups excluding carboxylic acids is 1. The van der Waals surface area contributed by atoms with Gasteiger partial charge in [-0.3, -0.25) is 9.78 Å². The molecule has 1 aliphatic carbocycles. The van der Waals surface area contributed by atoms with E-state index in [1.807, 2.05) is 30.3 Å². The van der Waals surface area contributed by atoms with Crippen molar-refractivity contribution < 1.29 is 9.21 Å². The number of pyridine rings is 1. The molecule has 0 radical (unpaired) electrons. The van der Waals surface area contributed by atoms with E-state index >= 15 is 0 Å². The Labute approximate surface area is 184 Å². The zero-order chi connectivity index (χ0) is 21.5. The van der Waals surface area contributed by atoms with Crippen molar-refractivity contribution in [3.8, 4) is 11.3 Å². The highest BCUT2D eigenvalue weighted by Gasteiger charge is 2.17. The Morgan fingerprint density at radius 2 is 1.97 bits per heavy atom. The molecule has 1 amide bonds. The molecule has 2 N–H and O–H groups in total. The summed E-state index contributed by atoms with van der Waals surface area (Å²) < 4.78 is 5.10. The summed E-state index contributed by atoms with van der Waals surface area (Å²) in [5.74, 6) is 0.692. The van der Waals surface area contributed by atoms with Gasteiger partial charge in [-0.25, -0.2) is 0 Å². The van der Waals surface area contributed by atoms with Crippen molar-refractivity contribution >= 4 is 11.6 Å². The Hall–Kier alpha value is -2.92. The number of nitrogens with one attached hydrogen (secondary N) is 2. The number of hydrogen-bond donors (Lipinski definition) is 2. The first-order chi connectivity index (χ1) is 15.2. The minimum atomic E-state index is -0.158. The monoisotopic (exact) mass is 417 g/mol. The van der Waals surface area contributed by atoms with E-state index in [1.165, 1.54) is 38.5 Å². The SMILES string of the molecule is CC(CC1CCCCC1)NCc1ccccc1NC(=O)c1ccc(-c2ccoc2)nc1. The van der Waals surface area contributed by atoms with Crippen LogP contribution in [0.5, 0.6) is 0 Å². The van der Waals surface area contributed by atoms with Gasteiger partial charge in [-0.05, 0) is 49.1 Å². The normalized spacial score (nSPS) is 15.5. The third kappa shape index (κ3) is 5.82. The Morgan fingerprint density at radius 3 is 2.71 bits per heavy atom. The highest BCUT2D eigenvalue weighted by molar-refractivity contribution is 6.04. The van der Waals surface area contributed by atoms with Crippen molar-refractivity contribution in [1.82, 2.24) is 10.3 Å². The second kappa shape index (κ2) is 10.4. The van der Waals surface area contributed by atoms with Crippen molar-refractivity contribution in [3.05, 3.63) is 72.3 Å². The average molecular weight is 418 g/mol. The van der Waals surface area contributed by atoms with E-state index in [-0.39, 0.29) is 5.91 Å². The van der Waals surface area contributed by atoms with Crippen molar-refractivity contribution in [2.45, 2.75) is 58.0 Å². The number of para-hydroxylation sites is 1. The highest BCUT2D eigenvalue weighted by atomic mass is 16.3. The Morgan fingerprint density at radius 1 is 1.13 bits per heavy atom. The number of anilines is 1. The average Bonchev–Trinajstić information content (AvgIpc) is 3.34. The standard InChI is InChI=1S/C26H31N3O2/c1-19(15-20-7-3-2-4-8-20)27-16-21-9-5-6-10-25(21)29-26(30)22-11-12-24(28-17-22)23-13-14-31-18-23/h5-6,9-14,17-20,27H,2-4,7-8,15-16H2,1H3,(H,29,30). The predicted octanol–water partition coefficient (Wildman–Crippen LogP) is 6.04. The molecule has 31 heavy (non-hydrogen) atoms. The molecule has 0 aliphatic heterocycles. The smallest absolute Gasteiger partial charge is 0.257 e. The fourth-order valence-corrected chi connectivity index (χ4v) is 4.39. The van der Waals surface area contributed by atoms with Crippen molar-refractivity contribution in [3.63, 3.8) is 0 Å². The fraction of sp³-hybridized carbons (Fsp3) is 0.385. The van der Waals surface area contributed by atoms with Crippen molar-refractivity contribution in [1.29, 1.82) is 0 Å². The van der Waals surface area contributed by atoms with Gasteiger partial charge < -0.3 is 15.1 Å². The molecule has 2 heterocycles. The lowest BCUT2D eigenvalue weighted by molar-refractivity contribution is 0.102. The largest absolute Gasteiger partial charge is 0.472 e. The van der Waals surface area contributed by atoms with Crippen LogP contribution in [-0.4, -0.2) is 16.9 Å². The lowest BCUT2D eigenvalue weighted by Crippen LogP contribution is -2.29. The number of furan rings is 1. The first kappa shape index (κ1) is 21.3. The van der Waals surface area contributed by atoms with Crippen LogP contribution in [0.4, 0.5) is 5.69 Å². The number of rotatable bonds is 8. The van der Waals surface area contributed by atoms with Crippen LogP contribution in [-0.2, 0) is 6.54 Å². The van der Waals surface area contributed by atoms with E-state index in [1.54, 1.807) is 24.8 Å². The van der Waals surface area contributed by atoms with E-state index in [0.29, 0.717) is 11.6 Å². The van der Waals surface area contributed by atoms with E-state index in [9.17, 15) is 4.79 Å². The topological polar surface area (TPSA) is 67.2 Å². The Balaban J connectivity index is 1.35. The Kier molecular flexibility index (Phi) is 7.15. The minimum Gasteiger partial charge on any atom is -0.472 e. The van der Waals surface area contributed by atoms with Gasteiger partial charge in [0.15, 0.2) is 0 Å². The van der Waals surface area contributed by atoms with Crippen LogP contribution >= 0.6 is 0 Å². The third-order valence-electron chi connectivity index (χ3n) is 6.16. The van der Waals surface area contributed by atoms with Gasteiger partial charge in [-0.15, -0.1) is 0 Å². The lowest BCUT2D eigenvalue weighted by Gasteiger charge is -2.25. The summed E-state index contributed by atoms with van der Waals surface area (Å²) in [4.78, 5) is 17.2. The summed E-state index contributed by atoms with van der Waals surface area (Å²) in [5, 5.41) is 6.70. The second-order valence-corrected chi connectivity index (χ2v) is 8.58. The maximum absolute atomic E-state index is 12.8. The number of aromatic nitrogens is 1. The number of benzene rings is 1. The maximum atomic E-state index is 12.8. The van der Waals surface area contributed by atoms with Crippen LogP contribution in [0, 0.1) is 5.92 Å². The predicted molar refractivity (Wildman–Crippen MR) is 124 cm³/mol. The van der Waals surface area contributed by atoms with Crippen LogP contribution in [0.25, 0.3) is 11.3 Å². The minimum absolute atomic E-state index is 0.158. The molecule has 2 aromatic heterocycles. The number of nitrogens with zero attached hydrogens (tertiary/aromatic N) is 1. The van der Waals surface area contributed by atoms with Crippen LogP contribution in [0.3, 0.4) is 0 Å². The first-order valence-corrected chi connectivity index (χ1v) is 11.3. The van der Waals surface area contributed by atoms with Gasteiger partial charge in [0.2, 0.25) is 0 Å². The lowest BCUT2D eigenvalue weighted by atomic mass is 9.85. The summed E-state index contributed by atoms with van der Waals surface area (Å²) in [6.45, 7) is 3.01. The van der Waals surface area contributed by atoms with Crippen molar-refractivity contribution in [2.24, 2.45) is 5.92 Å². The number of carbonyl (C=O) groups is 1. The van der Waals surface area contributed by atoms with Crippen LogP contribution in [0.2, 0.25) is 0 Å². The molecule has 0 saturated heterocycles. The number of hydrogen-bond acceptors (Lipinski definition) is 4. The molecule has 1 saturated carbocycles. The maximum Gasteiger partial charge on any atom is 0.257 e. The van der Waals surface area contributed by atoms with Gasteiger partial charge in [-0.2, -0.15) is 0 Å². The van der Waals surface area contributed by atoms with Crippen molar-refractivity contribution in [2.75, 3.05) is 5.32 Å². The molecular weight excluding hydrogens is 386 g/mol. The molecule has 1 aromatic carbocycles. The summed E-state index contributed by atoms with van der Waals surface area (Å²) in [5.41, 5.74) is 4.13. The van der Waals surface area contributed by atoms with Gasteiger partial charge in [0.05, 0.1) is 23.8 Å². The fourth-order valence-electron chi connectivity index (χ4n) is 4.39. The number of amides is 1. The summed E-state index contributed by atoms with van der Waals surface area (Å²) in [6, 6.07) is 13.9. The molecule has 162 valence electrons. The first-order valence-electron chi connectivity index (χ1n) is 11.3. The summed E-state index contributed by atoms with van der Waals surface area (Å²) in [7, 11) is 0. The van der Waals surface area contributed by atoms with Gasteiger partial charge in [0.25, 0.3) is 5.91 Å². The molecule has 1 fully saturated rings. The highest BCUT2D eigenvalue weighted by Crippen LogP contribution is 2.27. The quantitative estimate of drug-likeness (QED) is 0.469. The molecule has 5 nitrogen and oxygen atoms in total. The van der Waals surface area contributed by atoms with Crippen LogP contribution < -0.4 is 10.6 Å². The van der Waals surface area contributed by atoms with E-state index in [4.69, 9.17) is 4.42 Å². The van der Waals surface area contributed by atoms with Gasteiger partial charge in [-0.1, -0.05) is 50.3 Å². The van der Waals surface area contributed by atoms with Gasteiger partial charge in [0, 0.05) is 30.0 Å². The summed E-state index contributed by atoms with van der Waals surface area (Å²) >= 11 is 0. The van der Waals surface area contributed by atoms with Crippen LogP contribution in [0.1, 0.15) is 61.4 Å². The molecular formula is C26H31N3O2. The van der Waals surface area contributed by atoms with E-state index in [2.05, 4.69) is 28.6 Å². The van der Waals surface area contributed by atoms with E-state index in [0.717, 1.165) is 35.0 Å². The molecule has 4 rings (SSSR count). The third-order valence-corrected chi connectivity index (χ3v) is 6.16. The molecule has 1 atom stereocenters. The summed E-state index contributed by atoms with van der Waals surface area (Å²) in [6.07, 6.45) is 13.0. The zero-order valence-electron chi connectivity index (χ0n) is 18.1. The molecule has 5 heteroatoms. The van der Waals surface area contributed by atoms with E-state index < -0.39 is 0 Å².